The molecule has 1 atom stereocenters. The molecule has 0 spiro atoms. The zero-order valence-electron chi connectivity index (χ0n) is 14.0. The third kappa shape index (κ3) is 3.52. The highest BCUT2D eigenvalue weighted by Crippen LogP contribution is 2.24. The molecule has 1 aromatic rings. The van der Waals surface area contributed by atoms with E-state index in [0.29, 0.717) is 24.0 Å². The highest BCUT2D eigenvalue weighted by atomic mass is 32.2. The van der Waals surface area contributed by atoms with Crippen LogP contribution in [0.5, 0.6) is 0 Å². The Morgan fingerprint density at radius 3 is 2.43 bits per heavy atom. The second kappa shape index (κ2) is 6.75. The van der Waals surface area contributed by atoms with Gasteiger partial charge in [-0.05, 0) is 44.7 Å². The molecule has 126 valence electrons. The van der Waals surface area contributed by atoms with Gasteiger partial charge in [-0.3, -0.25) is 4.90 Å². The van der Waals surface area contributed by atoms with E-state index in [4.69, 9.17) is 0 Å². The molecule has 1 fully saturated rings. The van der Waals surface area contributed by atoms with Crippen molar-refractivity contribution in [3.8, 4) is 0 Å². The molecule has 1 aromatic carbocycles. The fraction of sp³-hybridized carbons (Fsp3) is 0.556. The lowest BCUT2D eigenvalue weighted by Gasteiger charge is -2.38. The molecule has 0 bridgehead atoms. The lowest BCUT2D eigenvalue weighted by atomic mass is 10.0. The Labute approximate surface area is 139 Å². The third-order valence-electron chi connectivity index (χ3n) is 4.92. The number of hydrogen-bond donors (Lipinski definition) is 0. The Bertz CT molecular complexity index is 689. The summed E-state index contributed by atoms with van der Waals surface area (Å²) < 4.78 is 27.4. The summed E-state index contributed by atoms with van der Waals surface area (Å²) in [6.07, 6.45) is 8.16. The summed E-state index contributed by atoms with van der Waals surface area (Å²) in [5.41, 5.74) is 1.93. The van der Waals surface area contributed by atoms with Crippen molar-refractivity contribution in [2.24, 2.45) is 0 Å². The normalized spacial score (nSPS) is 24.0. The average Bonchev–Trinajstić information content (AvgIpc) is 2.55. The Morgan fingerprint density at radius 2 is 1.83 bits per heavy atom. The maximum Gasteiger partial charge on any atom is 0.243 e. The van der Waals surface area contributed by atoms with E-state index in [9.17, 15) is 8.42 Å². The van der Waals surface area contributed by atoms with Gasteiger partial charge in [-0.2, -0.15) is 4.31 Å². The second-order valence-corrected chi connectivity index (χ2v) is 8.54. The SMILES string of the molecule is Cc1ccc(S(=O)(=O)N2CCN(C3C=CCCC3)CC2)c(C)c1. The van der Waals surface area contributed by atoms with Gasteiger partial charge in [0.05, 0.1) is 4.90 Å². The first-order valence-corrected chi connectivity index (χ1v) is 9.90. The fourth-order valence-electron chi connectivity index (χ4n) is 3.60. The Hall–Kier alpha value is -1.17. The van der Waals surface area contributed by atoms with Crippen LogP contribution in [0, 0.1) is 13.8 Å². The summed E-state index contributed by atoms with van der Waals surface area (Å²) >= 11 is 0. The molecule has 1 saturated heterocycles. The van der Waals surface area contributed by atoms with Crippen molar-refractivity contribution in [3.63, 3.8) is 0 Å². The van der Waals surface area contributed by atoms with Crippen LogP contribution in [0.25, 0.3) is 0 Å². The summed E-state index contributed by atoms with van der Waals surface area (Å²) in [5, 5.41) is 0. The molecule has 0 radical (unpaired) electrons. The molecule has 2 aliphatic rings. The van der Waals surface area contributed by atoms with E-state index < -0.39 is 10.0 Å². The van der Waals surface area contributed by atoms with Gasteiger partial charge >= 0.3 is 0 Å². The van der Waals surface area contributed by atoms with Crippen LogP contribution in [-0.4, -0.2) is 49.8 Å². The third-order valence-corrected chi connectivity index (χ3v) is 6.98. The number of nitrogens with zero attached hydrogens (tertiary/aromatic N) is 2. The molecule has 0 N–H and O–H groups in total. The molecule has 3 rings (SSSR count). The fourth-order valence-corrected chi connectivity index (χ4v) is 5.23. The molecule has 23 heavy (non-hydrogen) atoms. The van der Waals surface area contributed by atoms with Crippen LogP contribution in [0.1, 0.15) is 30.4 Å². The summed E-state index contributed by atoms with van der Waals surface area (Å²) in [6, 6.07) is 6.06. The van der Waals surface area contributed by atoms with E-state index in [1.165, 1.54) is 19.3 Å². The van der Waals surface area contributed by atoms with Crippen LogP contribution in [-0.2, 0) is 10.0 Å². The molecule has 5 heteroatoms. The zero-order chi connectivity index (χ0) is 16.4. The topological polar surface area (TPSA) is 40.6 Å². The monoisotopic (exact) mass is 334 g/mol. The van der Waals surface area contributed by atoms with Crippen LogP contribution in [0.15, 0.2) is 35.2 Å². The van der Waals surface area contributed by atoms with Gasteiger partial charge in [0.2, 0.25) is 10.0 Å². The largest absolute Gasteiger partial charge is 0.294 e. The van der Waals surface area contributed by atoms with Crippen LogP contribution in [0.4, 0.5) is 0 Å². The van der Waals surface area contributed by atoms with Crippen LogP contribution in [0.2, 0.25) is 0 Å². The maximum absolute atomic E-state index is 12.9. The molecule has 1 heterocycles. The van der Waals surface area contributed by atoms with Gasteiger partial charge in [0, 0.05) is 32.2 Å². The lowest BCUT2D eigenvalue weighted by Crippen LogP contribution is -2.51. The van der Waals surface area contributed by atoms with Crippen molar-refractivity contribution in [2.75, 3.05) is 26.2 Å². The van der Waals surface area contributed by atoms with Gasteiger partial charge in [0.25, 0.3) is 0 Å². The quantitative estimate of drug-likeness (QED) is 0.798. The first-order chi connectivity index (χ1) is 11.0. The predicted octanol–water partition coefficient (Wildman–Crippen LogP) is 2.72. The standard InChI is InChI=1S/C18H26N2O2S/c1-15-8-9-18(16(2)14-15)23(21,22)20-12-10-19(11-13-20)17-6-4-3-5-7-17/h4,6,8-9,14,17H,3,5,7,10-13H2,1-2H3. The second-order valence-electron chi connectivity index (χ2n) is 6.64. The van der Waals surface area contributed by atoms with Gasteiger partial charge in [-0.1, -0.05) is 29.8 Å². The van der Waals surface area contributed by atoms with E-state index >= 15 is 0 Å². The number of piperazine rings is 1. The van der Waals surface area contributed by atoms with Crippen molar-refractivity contribution in [1.29, 1.82) is 0 Å². The summed E-state index contributed by atoms with van der Waals surface area (Å²) in [7, 11) is -3.37. The number of benzene rings is 1. The highest BCUT2D eigenvalue weighted by molar-refractivity contribution is 7.89. The molecule has 0 aromatic heterocycles. The van der Waals surface area contributed by atoms with Gasteiger partial charge < -0.3 is 0 Å². The number of rotatable bonds is 3. The van der Waals surface area contributed by atoms with E-state index in [-0.39, 0.29) is 0 Å². The van der Waals surface area contributed by atoms with Gasteiger partial charge in [-0.25, -0.2) is 8.42 Å². The number of aryl methyl sites for hydroxylation is 2. The first kappa shape index (κ1) is 16.7. The van der Waals surface area contributed by atoms with E-state index in [2.05, 4.69) is 17.1 Å². The smallest absolute Gasteiger partial charge is 0.243 e. The van der Waals surface area contributed by atoms with Crippen LogP contribution >= 0.6 is 0 Å². The Kier molecular flexibility index (Phi) is 4.90. The molecule has 1 aliphatic heterocycles. The molecule has 4 nitrogen and oxygen atoms in total. The molecule has 1 unspecified atom stereocenters. The van der Waals surface area contributed by atoms with Crippen molar-refractivity contribution < 1.29 is 8.42 Å². The molecular formula is C18H26N2O2S. The molecule has 0 amide bonds. The number of hydrogen-bond acceptors (Lipinski definition) is 3. The minimum Gasteiger partial charge on any atom is -0.294 e. The lowest BCUT2D eigenvalue weighted by molar-refractivity contribution is 0.150. The Morgan fingerprint density at radius 1 is 1.09 bits per heavy atom. The minimum atomic E-state index is -3.37. The summed E-state index contributed by atoms with van der Waals surface area (Å²) in [6.45, 7) is 6.67. The maximum atomic E-state index is 12.9. The summed E-state index contributed by atoms with van der Waals surface area (Å²) in [4.78, 5) is 2.87. The van der Waals surface area contributed by atoms with Crippen molar-refractivity contribution in [2.45, 2.75) is 44.0 Å². The van der Waals surface area contributed by atoms with Gasteiger partial charge in [-0.15, -0.1) is 0 Å². The molecule has 0 saturated carbocycles. The molecule has 1 aliphatic carbocycles. The van der Waals surface area contributed by atoms with Crippen molar-refractivity contribution in [3.05, 3.63) is 41.5 Å². The Balaban J connectivity index is 1.71. The van der Waals surface area contributed by atoms with E-state index in [1.54, 1.807) is 10.4 Å². The summed E-state index contributed by atoms with van der Waals surface area (Å²) in [5.74, 6) is 0. The highest BCUT2D eigenvalue weighted by Gasteiger charge is 2.31. The van der Waals surface area contributed by atoms with E-state index in [1.807, 2.05) is 26.0 Å². The van der Waals surface area contributed by atoms with Crippen LogP contribution in [0.3, 0.4) is 0 Å². The molecular weight excluding hydrogens is 308 g/mol. The van der Waals surface area contributed by atoms with Crippen molar-refractivity contribution >= 4 is 10.0 Å². The van der Waals surface area contributed by atoms with E-state index in [0.717, 1.165) is 24.2 Å². The predicted molar refractivity (Wildman–Crippen MR) is 93.0 cm³/mol. The first-order valence-electron chi connectivity index (χ1n) is 8.46. The zero-order valence-corrected chi connectivity index (χ0v) is 14.8. The van der Waals surface area contributed by atoms with Crippen molar-refractivity contribution in [1.82, 2.24) is 9.21 Å². The minimum absolute atomic E-state index is 0.453. The number of sulfonamides is 1. The van der Waals surface area contributed by atoms with Crippen LogP contribution < -0.4 is 0 Å². The van der Waals surface area contributed by atoms with Gasteiger partial charge in [0.1, 0.15) is 0 Å². The number of allylic oxidation sites excluding steroid dienone is 1. The average molecular weight is 334 g/mol. The van der Waals surface area contributed by atoms with Gasteiger partial charge in [0.15, 0.2) is 0 Å².